The molecule has 8 nitrogen and oxygen atoms in total. The van der Waals surface area contributed by atoms with E-state index in [1.165, 1.54) is 18.5 Å². The number of fused-ring (bicyclic) bond motifs is 1. The highest BCUT2D eigenvalue weighted by Gasteiger charge is 2.17. The van der Waals surface area contributed by atoms with Crippen molar-refractivity contribution in [2.45, 2.75) is 13.2 Å². The number of carbonyl (C=O) groups is 1. The van der Waals surface area contributed by atoms with Crippen LogP contribution >= 0.6 is 11.6 Å². The van der Waals surface area contributed by atoms with Gasteiger partial charge in [-0.2, -0.15) is 0 Å². The standard InChI is InChI=1S/C31H28ClFN6O2/c32-27-16-25(5-7-29(27)41-19-21-2-1-3-24(33)14-21)37-31-26-15-22(4-6-28(26)35-20-36-31)23-8-11-38(17-23)18-30(40)39-12-9-34-10-13-39/h1-8,11,14-17,20,34H,9-10,12-13,18-19H2,(H,35,36,37). The van der Waals surface area contributed by atoms with Gasteiger partial charge in [0.2, 0.25) is 5.91 Å². The number of rotatable bonds is 8. The molecule has 0 unspecified atom stereocenters. The quantitative estimate of drug-likeness (QED) is 0.251. The molecule has 2 aromatic heterocycles. The minimum atomic E-state index is -0.310. The van der Waals surface area contributed by atoms with Crippen molar-refractivity contribution in [1.82, 2.24) is 24.8 Å². The maximum absolute atomic E-state index is 13.5. The number of piperazine rings is 1. The number of ether oxygens (including phenoxy) is 1. The number of amides is 1. The van der Waals surface area contributed by atoms with Crippen molar-refractivity contribution in [3.8, 4) is 16.9 Å². The third-order valence-corrected chi connectivity index (χ3v) is 7.28. The van der Waals surface area contributed by atoms with E-state index < -0.39 is 0 Å². The average Bonchev–Trinajstić information content (AvgIpc) is 3.46. The predicted molar refractivity (Wildman–Crippen MR) is 158 cm³/mol. The van der Waals surface area contributed by atoms with Crippen LogP contribution < -0.4 is 15.4 Å². The van der Waals surface area contributed by atoms with Crippen LogP contribution in [0.3, 0.4) is 0 Å². The van der Waals surface area contributed by atoms with Crippen molar-refractivity contribution in [3.63, 3.8) is 0 Å². The first-order chi connectivity index (χ1) is 20.0. The Kier molecular flexibility index (Phi) is 7.80. The summed E-state index contributed by atoms with van der Waals surface area (Å²) in [5, 5.41) is 7.88. The first-order valence-corrected chi connectivity index (χ1v) is 13.7. The van der Waals surface area contributed by atoms with E-state index >= 15 is 0 Å². The molecule has 10 heteroatoms. The smallest absolute Gasteiger partial charge is 0.242 e. The number of nitrogens with one attached hydrogen (secondary N) is 2. The van der Waals surface area contributed by atoms with Gasteiger partial charge in [-0.1, -0.05) is 29.8 Å². The molecule has 1 aliphatic heterocycles. The number of carbonyl (C=O) groups excluding carboxylic acids is 1. The van der Waals surface area contributed by atoms with E-state index in [2.05, 4.69) is 20.6 Å². The summed E-state index contributed by atoms with van der Waals surface area (Å²) < 4.78 is 21.2. The lowest BCUT2D eigenvalue weighted by atomic mass is 10.1. The lowest BCUT2D eigenvalue weighted by Gasteiger charge is -2.27. The van der Waals surface area contributed by atoms with Crippen LogP contribution in [0, 0.1) is 5.82 Å². The summed E-state index contributed by atoms with van der Waals surface area (Å²) in [7, 11) is 0. The number of nitrogens with zero attached hydrogens (tertiary/aromatic N) is 4. The summed E-state index contributed by atoms with van der Waals surface area (Å²) in [6, 6.07) is 19.6. The first-order valence-electron chi connectivity index (χ1n) is 13.3. The van der Waals surface area contributed by atoms with Gasteiger partial charge in [0.1, 0.15) is 36.9 Å². The summed E-state index contributed by atoms with van der Waals surface area (Å²) in [6.45, 7) is 3.66. The molecular formula is C31H28ClFN6O2. The molecule has 0 aliphatic carbocycles. The molecule has 0 atom stereocenters. The van der Waals surface area contributed by atoms with Crippen LogP contribution in [0.1, 0.15) is 5.56 Å². The number of aromatic nitrogens is 3. The van der Waals surface area contributed by atoms with Gasteiger partial charge in [0, 0.05) is 49.6 Å². The molecule has 1 amide bonds. The second kappa shape index (κ2) is 12.0. The Morgan fingerprint density at radius 1 is 1.02 bits per heavy atom. The highest BCUT2D eigenvalue weighted by Crippen LogP contribution is 2.32. The predicted octanol–water partition coefficient (Wildman–Crippen LogP) is 5.65. The molecule has 1 saturated heterocycles. The van der Waals surface area contributed by atoms with Crippen molar-refractivity contribution in [2.24, 2.45) is 0 Å². The molecule has 3 heterocycles. The molecule has 0 radical (unpaired) electrons. The monoisotopic (exact) mass is 570 g/mol. The van der Waals surface area contributed by atoms with Crippen LogP contribution in [0.2, 0.25) is 5.02 Å². The maximum atomic E-state index is 13.5. The minimum absolute atomic E-state index is 0.121. The number of benzene rings is 3. The van der Waals surface area contributed by atoms with E-state index in [-0.39, 0.29) is 18.3 Å². The van der Waals surface area contributed by atoms with Crippen molar-refractivity contribution >= 4 is 39.9 Å². The molecule has 0 saturated carbocycles. The summed E-state index contributed by atoms with van der Waals surface area (Å²) in [5.74, 6) is 0.942. The maximum Gasteiger partial charge on any atom is 0.242 e. The lowest BCUT2D eigenvalue weighted by molar-refractivity contribution is -0.132. The lowest BCUT2D eigenvalue weighted by Crippen LogP contribution is -2.47. The third kappa shape index (κ3) is 6.32. The Labute approximate surface area is 241 Å². The molecular weight excluding hydrogens is 543 g/mol. The van der Waals surface area contributed by atoms with Crippen molar-refractivity contribution in [3.05, 3.63) is 102 Å². The molecule has 1 fully saturated rings. The van der Waals surface area contributed by atoms with Gasteiger partial charge in [-0.05, 0) is 65.2 Å². The van der Waals surface area contributed by atoms with E-state index in [4.69, 9.17) is 16.3 Å². The Hall–Kier alpha value is -4.47. The minimum Gasteiger partial charge on any atom is -0.487 e. The van der Waals surface area contributed by atoms with Gasteiger partial charge in [0.25, 0.3) is 0 Å². The van der Waals surface area contributed by atoms with Gasteiger partial charge in [0.05, 0.1) is 10.5 Å². The second-order valence-electron chi connectivity index (χ2n) is 9.85. The van der Waals surface area contributed by atoms with E-state index in [9.17, 15) is 9.18 Å². The van der Waals surface area contributed by atoms with Gasteiger partial charge in [-0.25, -0.2) is 14.4 Å². The van der Waals surface area contributed by atoms with Crippen LogP contribution in [0.5, 0.6) is 5.75 Å². The Bertz CT molecular complexity index is 1700. The van der Waals surface area contributed by atoms with Crippen molar-refractivity contribution in [2.75, 3.05) is 31.5 Å². The van der Waals surface area contributed by atoms with E-state index in [0.29, 0.717) is 28.7 Å². The Morgan fingerprint density at radius 3 is 2.73 bits per heavy atom. The topological polar surface area (TPSA) is 84.3 Å². The number of hydrogen-bond donors (Lipinski definition) is 2. The molecule has 41 heavy (non-hydrogen) atoms. The number of anilines is 2. The molecule has 2 N–H and O–H groups in total. The number of hydrogen-bond acceptors (Lipinski definition) is 6. The van der Waals surface area contributed by atoms with E-state index in [1.54, 1.807) is 24.3 Å². The summed E-state index contributed by atoms with van der Waals surface area (Å²) in [4.78, 5) is 23.5. The summed E-state index contributed by atoms with van der Waals surface area (Å²) >= 11 is 6.50. The second-order valence-corrected chi connectivity index (χ2v) is 10.3. The molecule has 0 spiro atoms. The highest BCUT2D eigenvalue weighted by atomic mass is 35.5. The highest BCUT2D eigenvalue weighted by molar-refractivity contribution is 6.32. The molecule has 3 aromatic carbocycles. The fourth-order valence-corrected chi connectivity index (χ4v) is 5.07. The molecule has 1 aliphatic rings. The molecule has 0 bridgehead atoms. The molecule has 6 rings (SSSR count). The van der Waals surface area contributed by atoms with Gasteiger partial charge in [-0.3, -0.25) is 4.79 Å². The zero-order chi connectivity index (χ0) is 28.2. The molecule has 5 aromatic rings. The fourth-order valence-electron chi connectivity index (χ4n) is 4.84. The largest absolute Gasteiger partial charge is 0.487 e. The third-order valence-electron chi connectivity index (χ3n) is 6.98. The van der Waals surface area contributed by atoms with E-state index in [0.717, 1.165) is 53.9 Å². The van der Waals surface area contributed by atoms with Crippen molar-refractivity contribution in [1.29, 1.82) is 0 Å². The van der Waals surface area contributed by atoms with Crippen molar-refractivity contribution < 1.29 is 13.9 Å². The number of halogens is 2. The van der Waals surface area contributed by atoms with Crippen LogP contribution in [-0.2, 0) is 17.9 Å². The van der Waals surface area contributed by atoms with Gasteiger partial charge >= 0.3 is 0 Å². The van der Waals surface area contributed by atoms with Crippen LogP contribution in [0.4, 0.5) is 15.9 Å². The zero-order valence-corrected chi connectivity index (χ0v) is 22.9. The summed E-state index contributed by atoms with van der Waals surface area (Å²) in [5.41, 5.74) is 4.23. The van der Waals surface area contributed by atoms with Gasteiger partial charge in [-0.15, -0.1) is 0 Å². The average molecular weight is 571 g/mol. The van der Waals surface area contributed by atoms with Crippen LogP contribution in [0.15, 0.2) is 85.5 Å². The van der Waals surface area contributed by atoms with Gasteiger partial charge < -0.3 is 24.8 Å². The van der Waals surface area contributed by atoms with Crippen LogP contribution in [0.25, 0.3) is 22.0 Å². The first kappa shape index (κ1) is 26.7. The Balaban J connectivity index is 1.17. The normalized spacial score (nSPS) is 13.4. The Morgan fingerprint density at radius 2 is 1.90 bits per heavy atom. The zero-order valence-electron chi connectivity index (χ0n) is 22.2. The molecule has 208 valence electrons. The summed E-state index contributed by atoms with van der Waals surface area (Å²) in [6.07, 6.45) is 5.43. The fraction of sp³-hybridized carbons (Fsp3) is 0.194. The van der Waals surface area contributed by atoms with Gasteiger partial charge in [0.15, 0.2) is 0 Å². The van der Waals surface area contributed by atoms with E-state index in [1.807, 2.05) is 52.2 Å². The van der Waals surface area contributed by atoms with Crippen LogP contribution in [-0.4, -0.2) is 51.5 Å². The SMILES string of the molecule is O=C(Cn1ccc(-c2ccc3ncnc(Nc4ccc(OCc5cccc(F)c5)c(Cl)c4)c3c2)c1)N1CCNCC1.